The first-order valence-corrected chi connectivity index (χ1v) is 6.14. The Morgan fingerprint density at radius 1 is 1.18 bits per heavy atom. The molecule has 0 radical (unpaired) electrons. The molecule has 0 amide bonds. The number of rotatable bonds is 3. The van der Waals surface area contributed by atoms with Crippen molar-refractivity contribution in [1.82, 2.24) is 0 Å². The summed E-state index contributed by atoms with van der Waals surface area (Å²) in [6, 6.07) is 0. The van der Waals surface area contributed by atoms with Crippen molar-refractivity contribution in [2.45, 2.75) is 33.1 Å². The molecule has 1 rings (SSSR count). The Morgan fingerprint density at radius 3 is 2.06 bits per heavy atom. The summed E-state index contributed by atoms with van der Waals surface area (Å²) in [5.74, 6) is -4.21. The molecule has 1 aliphatic carbocycles. The van der Waals surface area contributed by atoms with Crippen molar-refractivity contribution in [2.24, 2.45) is 23.7 Å². The zero-order valence-electron chi connectivity index (χ0n) is 10.1. The van der Waals surface area contributed by atoms with E-state index in [1.165, 1.54) is 16.6 Å². The van der Waals surface area contributed by atoms with Crippen LogP contribution in [0.25, 0.3) is 0 Å². The second-order valence-electron chi connectivity index (χ2n) is 4.61. The number of carboxylic acids is 2. The first kappa shape index (κ1) is 16.4. The van der Waals surface area contributed by atoms with E-state index >= 15 is 0 Å². The van der Waals surface area contributed by atoms with Gasteiger partial charge in [0, 0.05) is 23.8 Å². The molecule has 3 unspecified atom stereocenters. The van der Waals surface area contributed by atoms with Gasteiger partial charge in [0.15, 0.2) is 0 Å². The maximum absolute atomic E-state index is 11.0. The molecule has 0 aromatic rings. The molecule has 3 atom stereocenters. The van der Waals surface area contributed by atoms with E-state index in [2.05, 4.69) is 0 Å². The van der Waals surface area contributed by atoms with Crippen LogP contribution in [0.4, 0.5) is 0 Å². The summed E-state index contributed by atoms with van der Waals surface area (Å²) in [6.07, 6.45) is 1.91. The molecule has 0 bridgehead atoms. The Balaban J connectivity index is 0.00000121. The summed E-state index contributed by atoms with van der Waals surface area (Å²) in [5, 5.41) is 21.8. The number of carboxylic acid groups (broad SMARTS) is 2. The topological polar surface area (TPSA) is 100 Å². The van der Waals surface area contributed by atoms with E-state index in [1.54, 1.807) is 0 Å². The molecule has 0 aliphatic heterocycles. The minimum absolute atomic E-state index is 0.105. The van der Waals surface area contributed by atoms with E-state index in [9.17, 15) is 19.8 Å². The zero-order valence-corrected chi connectivity index (χ0v) is 11.2. The number of hydrogen-bond donors (Lipinski definition) is 1. The molecule has 1 saturated carbocycles. The van der Waals surface area contributed by atoms with E-state index < -0.39 is 23.8 Å². The predicted octanol–water partition coefficient (Wildman–Crippen LogP) is -1.76. The van der Waals surface area contributed by atoms with Gasteiger partial charge in [0.1, 0.15) is 0 Å². The van der Waals surface area contributed by atoms with Gasteiger partial charge in [-0.25, -0.2) is 0 Å². The normalized spacial score (nSPS) is 28.2. The Labute approximate surface area is 110 Å². The molecule has 0 aromatic carbocycles. The van der Waals surface area contributed by atoms with Gasteiger partial charge in [-0.15, -0.1) is 0 Å². The molecule has 5 nitrogen and oxygen atoms in total. The Hall–Kier alpha value is -0.568. The number of hydrogen-bond acceptors (Lipinski definition) is 5. The summed E-state index contributed by atoms with van der Waals surface area (Å²) in [4.78, 5) is 21.8. The van der Waals surface area contributed by atoms with Gasteiger partial charge >= 0.3 is 20.8 Å². The van der Waals surface area contributed by atoms with E-state index in [0.717, 1.165) is 12.8 Å². The summed E-state index contributed by atoms with van der Waals surface area (Å²) >= 11 is 1.42. The van der Waals surface area contributed by atoms with Crippen LogP contribution in [0.2, 0.25) is 0 Å². The van der Waals surface area contributed by atoms with Crippen LogP contribution in [0.5, 0.6) is 0 Å². The molecule has 94 valence electrons. The molecule has 1 N–H and O–H groups in total. The van der Waals surface area contributed by atoms with Crippen LogP contribution in [-0.4, -0.2) is 32.7 Å². The Bertz CT molecular complexity index is 267. The van der Waals surface area contributed by atoms with Crippen LogP contribution in [0.1, 0.15) is 33.1 Å². The molecule has 0 heterocycles. The van der Waals surface area contributed by atoms with Crippen molar-refractivity contribution >= 4 is 28.6 Å². The van der Waals surface area contributed by atoms with Gasteiger partial charge in [-0.3, -0.25) is 0 Å². The van der Waals surface area contributed by atoms with Gasteiger partial charge in [0.25, 0.3) is 0 Å². The summed E-state index contributed by atoms with van der Waals surface area (Å²) in [6.45, 7) is 3.83. The van der Waals surface area contributed by atoms with Crippen LogP contribution in [0.15, 0.2) is 0 Å². The summed E-state index contributed by atoms with van der Waals surface area (Å²) < 4.78 is 6.92. The number of carbonyl (C=O) groups is 2. The van der Waals surface area contributed by atoms with Crippen LogP contribution >= 0.6 is 0 Å². The van der Waals surface area contributed by atoms with Gasteiger partial charge in [0.05, 0.1) is 0 Å². The van der Waals surface area contributed by atoms with Crippen molar-refractivity contribution in [2.75, 3.05) is 0 Å². The predicted molar refractivity (Wildman–Crippen MR) is 57.1 cm³/mol. The van der Waals surface area contributed by atoms with E-state index in [1.807, 2.05) is 13.8 Å². The van der Waals surface area contributed by atoms with Crippen molar-refractivity contribution in [3.8, 4) is 0 Å². The molecule has 0 aromatic heterocycles. The van der Waals surface area contributed by atoms with Gasteiger partial charge < -0.3 is 19.8 Å². The van der Waals surface area contributed by atoms with Crippen molar-refractivity contribution in [1.29, 1.82) is 0 Å². The van der Waals surface area contributed by atoms with Gasteiger partial charge in [0.2, 0.25) is 0 Å². The molecule has 6 heteroatoms. The standard InChI is InChI=1S/C11H18O4.Al.H2O/c1-6(2)7-4-3-5-8(10(12)13)9(7)11(14)15;;/h6-9H,3-5H2,1-2H3,(H,12,13)(H,14,15);;1H2/q;+3;/p-3. The van der Waals surface area contributed by atoms with Gasteiger partial charge in [-0.05, 0) is 24.7 Å². The SMILES string of the molecule is CC(C)C1CCCC(C(=O)[O-])C1C(=O)[O-].[OH][Al+2]. The fourth-order valence-corrected chi connectivity index (χ4v) is 2.58. The van der Waals surface area contributed by atoms with Crippen LogP contribution in [-0.2, 0) is 9.59 Å². The molecule has 1 aliphatic rings. The second kappa shape index (κ2) is 7.70. The molecule has 17 heavy (non-hydrogen) atoms. The van der Waals surface area contributed by atoms with Crippen LogP contribution < -0.4 is 10.2 Å². The zero-order chi connectivity index (χ0) is 13.6. The molecule has 1 fully saturated rings. The molecule has 0 saturated heterocycles. The van der Waals surface area contributed by atoms with E-state index in [-0.39, 0.29) is 11.8 Å². The molecule has 0 spiro atoms. The molecular weight excluding hydrogens is 239 g/mol. The first-order valence-electron chi connectivity index (χ1n) is 5.62. The average molecular weight is 256 g/mol. The van der Waals surface area contributed by atoms with Crippen molar-refractivity contribution < 1.29 is 24.0 Å². The monoisotopic (exact) mass is 256 g/mol. The van der Waals surface area contributed by atoms with Gasteiger partial charge in [-0.1, -0.05) is 20.3 Å². The fraction of sp³-hybridized carbons (Fsp3) is 0.818. The summed E-state index contributed by atoms with van der Waals surface area (Å²) in [5.41, 5.74) is 0. The average Bonchev–Trinajstić information content (AvgIpc) is 2.30. The Morgan fingerprint density at radius 2 is 1.71 bits per heavy atom. The van der Waals surface area contributed by atoms with Gasteiger partial charge in [-0.2, -0.15) is 0 Å². The Kier molecular flexibility index (Phi) is 7.44. The van der Waals surface area contributed by atoms with Crippen molar-refractivity contribution in [3.63, 3.8) is 0 Å². The minimum atomic E-state index is -1.26. The van der Waals surface area contributed by atoms with Crippen LogP contribution in [0, 0.1) is 23.7 Å². The van der Waals surface area contributed by atoms with E-state index in [4.69, 9.17) is 4.16 Å². The fourth-order valence-electron chi connectivity index (χ4n) is 2.58. The summed E-state index contributed by atoms with van der Waals surface area (Å²) in [7, 11) is 0. The third-order valence-corrected chi connectivity index (χ3v) is 3.38. The maximum atomic E-state index is 11.0. The first-order chi connectivity index (χ1) is 7.95. The molecular formula is C11H17AlO5. The quantitative estimate of drug-likeness (QED) is 0.603. The number of aliphatic carboxylic acids is 2. The third-order valence-electron chi connectivity index (χ3n) is 3.38. The van der Waals surface area contributed by atoms with E-state index in [0.29, 0.717) is 6.42 Å². The second-order valence-corrected chi connectivity index (χ2v) is 4.61. The number of carbonyl (C=O) groups excluding carboxylic acids is 2. The van der Waals surface area contributed by atoms with Crippen molar-refractivity contribution in [3.05, 3.63) is 0 Å². The van der Waals surface area contributed by atoms with Crippen LogP contribution in [0.3, 0.4) is 0 Å². The third kappa shape index (κ3) is 4.30.